The highest BCUT2D eigenvalue weighted by molar-refractivity contribution is 9.10. The zero-order chi connectivity index (χ0) is 14.7. The predicted octanol–water partition coefficient (Wildman–Crippen LogP) is 6.31. The van der Waals surface area contributed by atoms with E-state index in [9.17, 15) is 0 Å². The second-order valence-corrected chi connectivity index (χ2v) is 7.48. The van der Waals surface area contributed by atoms with Crippen LogP contribution in [0, 0.1) is 0 Å². The Morgan fingerprint density at radius 1 is 1.10 bits per heavy atom. The first-order valence-electron chi connectivity index (χ1n) is 7.28. The lowest BCUT2D eigenvalue weighted by molar-refractivity contribution is 0.667. The van der Waals surface area contributed by atoms with Gasteiger partial charge >= 0.3 is 0 Å². The summed E-state index contributed by atoms with van der Waals surface area (Å²) in [5, 5.41) is 2.29. The SMILES string of the molecule is CCCCCCc1csc(-c2ccc(Br)c3nsnc23)c1. The van der Waals surface area contributed by atoms with Crippen LogP contribution in [0.15, 0.2) is 28.1 Å². The number of thiophene rings is 1. The van der Waals surface area contributed by atoms with Gasteiger partial charge in [-0.05, 0) is 51.8 Å². The third kappa shape index (κ3) is 3.35. The van der Waals surface area contributed by atoms with Gasteiger partial charge in [0.15, 0.2) is 0 Å². The van der Waals surface area contributed by atoms with Crippen LogP contribution in [0.2, 0.25) is 0 Å². The van der Waals surface area contributed by atoms with Crippen LogP contribution >= 0.6 is 39.0 Å². The lowest BCUT2D eigenvalue weighted by Gasteiger charge is -2.00. The van der Waals surface area contributed by atoms with E-state index >= 15 is 0 Å². The summed E-state index contributed by atoms with van der Waals surface area (Å²) >= 11 is 6.63. The minimum atomic E-state index is 0.968. The van der Waals surface area contributed by atoms with Crippen molar-refractivity contribution in [1.29, 1.82) is 0 Å². The van der Waals surface area contributed by atoms with Gasteiger partial charge in [0.05, 0.1) is 11.7 Å². The molecule has 0 aliphatic rings. The molecule has 2 heterocycles. The highest BCUT2D eigenvalue weighted by Crippen LogP contribution is 2.35. The van der Waals surface area contributed by atoms with Crippen LogP contribution < -0.4 is 0 Å². The van der Waals surface area contributed by atoms with Gasteiger partial charge in [-0.2, -0.15) is 8.75 Å². The third-order valence-corrected chi connectivity index (χ3v) is 5.79. The van der Waals surface area contributed by atoms with Gasteiger partial charge in [0.1, 0.15) is 11.0 Å². The molecule has 3 rings (SSSR count). The molecule has 0 unspecified atom stereocenters. The molecule has 0 aliphatic carbocycles. The number of benzene rings is 1. The Kier molecular flexibility index (Phi) is 5.03. The van der Waals surface area contributed by atoms with Gasteiger partial charge in [-0.15, -0.1) is 11.3 Å². The summed E-state index contributed by atoms with van der Waals surface area (Å²) in [6.07, 6.45) is 6.45. The summed E-state index contributed by atoms with van der Waals surface area (Å²) in [4.78, 5) is 1.30. The average Bonchev–Trinajstić information content (AvgIpc) is 3.14. The highest BCUT2D eigenvalue weighted by Gasteiger charge is 2.12. The van der Waals surface area contributed by atoms with Gasteiger partial charge in [-0.3, -0.25) is 0 Å². The summed E-state index contributed by atoms with van der Waals surface area (Å²) in [6.45, 7) is 2.25. The Hall–Kier alpha value is -0.780. The molecule has 110 valence electrons. The van der Waals surface area contributed by atoms with E-state index in [-0.39, 0.29) is 0 Å². The number of hydrogen-bond donors (Lipinski definition) is 0. The van der Waals surface area contributed by atoms with E-state index in [1.54, 1.807) is 0 Å². The first kappa shape index (κ1) is 15.1. The van der Waals surface area contributed by atoms with Crippen LogP contribution in [0.25, 0.3) is 21.5 Å². The van der Waals surface area contributed by atoms with Gasteiger partial charge < -0.3 is 0 Å². The lowest BCUT2D eigenvalue weighted by Crippen LogP contribution is -1.83. The van der Waals surface area contributed by atoms with Crippen LogP contribution in [0.1, 0.15) is 38.2 Å². The van der Waals surface area contributed by atoms with Crippen LogP contribution in [0.5, 0.6) is 0 Å². The Morgan fingerprint density at radius 3 is 2.81 bits per heavy atom. The molecular formula is C16H17BrN2S2. The van der Waals surface area contributed by atoms with Crippen LogP contribution in [0.4, 0.5) is 0 Å². The van der Waals surface area contributed by atoms with Gasteiger partial charge in [0, 0.05) is 14.9 Å². The van der Waals surface area contributed by atoms with Gasteiger partial charge in [-0.25, -0.2) is 0 Å². The van der Waals surface area contributed by atoms with E-state index in [0.717, 1.165) is 15.5 Å². The molecule has 0 amide bonds. The molecule has 0 bridgehead atoms. The van der Waals surface area contributed by atoms with Crippen molar-refractivity contribution in [3.63, 3.8) is 0 Å². The number of unbranched alkanes of at least 4 members (excludes halogenated alkanes) is 3. The zero-order valence-electron chi connectivity index (χ0n) is 11.9. The van der Waals surface area contributed by atoms with Crippen LogP contribution in [-0.2, 0) is 6.42 Å². The third-order valence-electron chi connectivity index (χ3n) is 3.60. The summed E-state index contributed by atoms with van der Waals surface area (Å²) in [5.74, 6) is 0. The number of aromatic nitrogens is 2. The molecule has 5 heteroatoms. The average molecular weight is 381 g/mol. The van der Waals surface area contributed by atoms with E-state index in [1.807, 2.05) is 11.3 Å². The number of fused-ring (bicyclic) bond motifs is 1. The maximum atomic E-state index is 4.46. The largest absolute Gasteiger partial charge is 0.172 e. The molecule has 0 N–H and O–H groups in total. The first-order valence-corrected chi connectivity index (χ1v) is 9.68. The monoisotopic (exact) mass is 380 g/mol. The van der Waals surface area contributed by atoms with Crippen LogP contribution in [-0.4, -0.2) is 8.75 Å². The molecule has 0 radical (unpaired) electrons. The second-order valence-electron chi connectivity index (χ2n) is 5.19. The normalized spacial score (nSPS) is 11.3. The summed E-state index contributed by atoms with van der Waals surface area (Å²) in [6, 6.07) is 6.53. The fourth-order valence-corrected chi connectivity index (χ4v) is 4.51. The van der Waals surface area contributed by atoms with E-state index in [0.29, 0.717) is 0 Å². The number of aryl methyl sites for hydroxylation is 1. The molecule has 0 spiro atoms. The topological polar surface area (TPSA) is 25.8 Å². The van der Waals surface area contributed by atoms with Crippen molar-refractivity contribution in [3.8, 4) is 10.4 Å². The number of hydrogen-bond acceptors (Lipinski definition) is 4. The molecule has 2 nitrogen and oxygen atoms in total. The molecule has 0 atom stereocenters. The molecule has 0 saturated heterocycles. The van der Waals surface area contributed by atoms with E-state index < -0.39 is 0 Å². The van der Waals surface area contributed by atoms with Crippen LogP contribution in [0.3, 0.4) is 0 Å². The van der Waals surface area contributed by atoms with Crippen molar-refractivity contribution in [3.05, 3.63) is 33.6 Å². The highest BCUT2D eigenvalue weighted by atomic mass is 79.9. The quantitative estimate of drug-likeness (QED) is 0.468. The summed E-state index contributed by atoms with van der Waals surface area (Å²) in [7, 11) is 0. The van der Waals surface area contributed by atoms with Crippen molar-refractivity contribution in [2.24, 2.45) is 0 Å². The molecule has 2 aromatic heterocycles. The molecule has 0 fully saturated rings. The van der Waals surface area contributed by atoms with Crippen molar-refractivity contribution >= 4 is 50.0 Å². The Bertz CT molecular complexity index is 733. The minimum Gasteiger partial charge on any atom is -0.172 e. The molecule has 21 heavy (non-hydrogen) atoms. The molecule has 3 aromatic rings. The fraction of sp³-hybridized carbons (Fsp3) is 0.375. The fourth-order valence-electron chi connectivity index (χ4n) is 2.44. The van der Waals surface area contributed by atoms with Gasteiger partial charge in [0.2, 0.25) is 0 Å². The molecule has 0 aliphatic heterocycles. The lowest BCUT2D eigenvalue weighted by atomic mass is 10.1. The number of nitrogens with zero attached hydrogens (tertiary/aromatic N) is 2. The van der Waals surface area contributed by atoms with Crippen molar-refractivity contribution < 1.29 is 0 Å². The number of rotatable bonds is 6. The van der Waals surface area contributed by atoms with Crippen molar-refractivity contribution in [2.45, 2.75) is 39.0 Å². The van der Waals surface area contributed by atoms with Crippen molar-refractivity contribution in [1.82, 2.24) is 8.75 Å². The summed E-state index contributed by atoms with van der Waals surface area (Å²) in [5.41, 5.74) is 4.63. The Labute approximate surface area is 141 Å². The molecular weight excluding hydrogens is 364 g/mol. The first-order chi connectivity index (χ1) is 10.3. The summed E-state index contributed by atoms with van der Waals surface area (Å²) < 4.78 is 9.85. The van der Waals surface area contributed by atoms with Crippen molar-refractivity contribution in [2.75, 3.05) is 0 Å². The minimum absolute atomic E-state index is 0.968. The van der Waals surface area contributed by atoms with E-state index in [1.165, 1.54) is 59.8 Å². The maximum Gasteiger partial charge on any atom is 0.119 e. The predicted molar refractivity (Wildman–Crippen MR) is 96.3 cm³/mol. The van der Waals surface area contributed by atoms with Gasteiger partial charge in [0.25, 0.3) is 0 Å². The smallest absolute Gasteiger partial charge is 0.119 e. The van der Waals surface area contributed by atoms with E-state index in [2.05, 4.69) is 55.2 Å². The molecule has 1 aromatic carbocycles. The molecule has 0 saturated carbocycles. The Balaban J connectivity index is 1.82. The van der Waals surface area contributed by atoms with Gasteiger partial charge in [-0.1, -0.05) is 32.3 Å². The Morgan fingerprint density at radius 2 is 1.95 bits per heavy atom. The maximum absolute atomic E-state index is 4.46. The second kappa shape index (κ2) is 6.99. The zero-order valence-corrected chi connectivity index (χ0v) is 15.2. The number of halogens is 1. The standard InChI is InChI=1S/C16H17BrN2S2/c1-2-3-4-5-6-11-9-14(20-10-11)12-7-8-13(17)16-15(12)18-21-19-16/h7-10H,2-6H2,1H3. The van der Waals surface area contributed by atoms with E-state index in [4.69, 9.17) is 0 Å².